The summed E-state index contributed by atoms with van der Waals surface area (Å²) in [4.78, 5) is 5.18. The number of fused-ring (bicyclic) bond motifs is 1. The van der Waals surface area contributed by atoms with Crippen LogP contribution in [0.15, 0.2) is 24.3 Å². The minimum Gasteiger partial charge on any atom is -0.388 e. The van der Waals surface area contributed by atoms with E-state index in [0.717, 1.165) is 6.04 Å². The molecule has 0 saturated carbocycles. The first kappa shape index (κ1) is 10.9. The highest BCUT2D eigenvalue weighted by Crippen LogP contribution is 2.26. The first-order chi connectivity index (χ1) is 8.36. The summed E-state index contributed by atoms with van der Waals surface area (Å²) in [6, 6.07) is 9.59. The number of nitrogens with zero attached hydrogens (tertiary/aromatic N) is 2. The Bertz CT molecular complexity index is 374. The van der Waals surface area contributed by atoms with Gasteiger partial charge in [-0.3, -0.25) is 4.90 Å². The highest BCUT2D eigenvalue weighted by atomic mass is 15.3. The third-order valence-corrected chi connectivity index (χ3v) is 4.11. The van der Waals surface area contributed by atoms with Gasteiger partial charge in [-0.05, 0) is 43.7 Å². The Balaban J connectivity index is 1.71. The fourth-order valence-electron chi connectivity index (χ4n) is 3.06. The molecule has 0 spiro atoms. The van der Waals surface area contributed by atoms with Crippen LogP contribution in [-0.2, 0) is 0 Å². The summed E-state index contributed by atoms with van der Waals surface area (Å²) < 4.78 is 0. The van der Waals surface area contributed by atoms with E-state index in [-0.39, 0.29) is 0 Å². The average Bonchev–Trinajstić information content (AvgIpc) is 2.86. The van der Waals surface area contributed by atoms with E-state index in [1.807, 2.05) is 7.05 Å². The summed E-state index contributed by atoms with van der Waals surface area (Å²) in [6.45, 7) is 4.93. The second-order valence-corrected chi connectivity index (χ2v) is 5.07. The molecule has 0 aromatic heterocycles. The Labute approximate surface area is 103 Å². The molecule has 3 heteroatoms. The lowest BCUT2D eigenvalue weighted by molar-refractivity contribution is 0.231. The summed E-state index contributed by atoms with van der Waals surface area (Å²) in [5.74, 6) is 0. The van der Waals surface area contributed by atoms with E-state index < -0.39 is 0 Å². The zero-order chi connectivity index (χ0) is 11.7. The minimum absolute atomic E-state index is 0.799. The maximum Gasteiger partial charge on any atom is 0.0368 e. The van der Waals surface area contributed by atoms with Crippen LogP contribution in [0.1, 0.15) is 12.8 Å². The molecular weight excluding hydrogens is 210 g/mol. The molecular formula is C14H21N3. The quantitative estimate of drug-likeness (QED) is 0.840. The lowest BCUT2D eigenvalue weighted by Crippen LogP contribution is -2.50. The molecule has 2 saturated heterocycles. The van der Waals surface area contributed by atoms with Crippen molar-refractivity contribution in [2.24, 2.45) is 0 Å². The number of piperazine rings is 1. The molecule has 0 amide bonds. The second-order valence-electron chi connectivity index (χ2n) is 5.07. The van der Waals surface area contributed by atoms with E-state index in [1.54, 1.807) is 0 Å². The molecule has 1 aromatic carbocycles. The Morgan fingerprint density at radius 3 is 2.71 bits per heavy atom. The normalized spacial score (nSPS) is 24.8. The zero-order valence-electron chi connectivity index (χ0n) is 10.5. The van der Waals surface area contributed by atoms with Gasteiger partial charge < -0.3 is 10.2 Å². The van der Waals surface area contributed by atoms with Crippen LogP contribution in [0, 0.1) is 0 Å². The highest BCUT2D eigenvalue weighted by Gasteiger charge is 2.30. The predicted octanol–water partition coefficient (Wildman–Crippen LogP) is 2.01. The molecule has 2 fully saturated rings. The van der Waals surface area contributed by atoms with E-state index in [1.165, 1.54) is 50.4 Å². The SMILES string of the molecule is CNc1ccc(N2CCN3CCCC3C2)cc1. The third-order valence-electron chi connectivity index (χ3n) is 4.11. The molecule has 3 rings (SSSR count). The van der Waals surface area contributed by atoms with Gasteiger partial charge in [-0.15, -0.1) is 0 Å². The van der Waals surface area contributed by atoms with E-state index in [0.29, 0.717) is 0 Å². The van der Waals surface area contributed by atoms with Crippen LogP contribution in [0.5, 0.6) is 0 Å². The monoisotopic (exact) mass is 231 g/mol. The van der Waals surface area contributed by atoms with Crippen molar-refractivity contribution in [2.45, 2.75) is 18.9 Å². The molecule has 17 heavy (non-hydrogen) atoms. The number of anilines is 2. The minimum atomic E-state index is 0.799. The number of nitrogens with one attached hydrogen (secondary N) is 1. The smallest absolute Gasteiger partial charge is 0.0368 e. The Kier molecular flexibility index (Phi) is 2.93. The fourth-order valence-corrected chi connectivity index (χ4v) is 3.06. The van der Waals surface area contributed by atoms with E-state index in [9.17, 15) is 0 Å². The summed E-state index contributed by atoms with van der Waals surface area (Å²) in [7, 11) is 1.96. The molecule has 3 nitrogen and oxygen atoms in total. The van der Waals surface area contributed by atoms with Crippen molar-refractivity contribution < 1.29 is 0 Å². The highest BCUT2D eigenvalue weighted by molar-refractivity contribution is 5.55. The van der Waals surface area contributed by atoms with Crippen molar-refractivity contribution in [1.82, 2.24) is 4.90 Å². The van der Waals surface area contributed by atoms with Crippen LogP contribution in [-0.4, -0.2) is 44.2 Å². The van der Waals surface area contributed by atoms with Crippen molar-refractivity contribution in [3.05, 3.63) is 24.3 Å². The molecule has 92 valence electrons. The number of rotatable bonds is 2. The standard InChI is InChI=1S/C14H21N3/c1-15-12-4-6-13(7-5-12)17-10-9-16-8-2-3-14(16)11-17/h4-7,14-15H,2-3,8-11H2,1H3. The summed E-state index contributed by atoms with van der Waals surface area (Å²) in [5.41, 5.74) is 2.56. The molecule has 2 heterocycles. The summed E-state index contributed by atoms with van der Waals surface area (Å²) in [6.07, 6.45) is 2.77. The van der Waals surface area contributed by atoms with Crippen LogP contribution in [0.3, 0.4) is 0 Å². The second kappa shape index (κ2) is 4.57. The lowest BCUT2D eigenvalue weighted by Gasteiger charge is -2.38. The number of hydrogen-bond acceptors (Lipinski definition) is 3. The van der Waals surface area contributed by atoms with Crippen LogP contribution in [0.25, 0.3) is 0 Å². The zero-order valence-corrected chi connectivity index (χ0v) is 10.5. The number of benzene rings is 1. The molecule has 1 aromatic rings. The van der Waals surface area contributed by atoms with E-state index >= 15 is 0 Å². The molecule has 0 bridgehead atoms. The molecule has 2 aliphatic rings. The van der Waals surface area contributed by atoms with Gasteiger partial charge in [0.15, 0.2) is 0 Å². The van der Waals surface area contributed by atoms with Crippen LogP contribution in [0.2, 0.25) is 0 Å². The van der Waals surface area contributed by atoms with Gasteiger partial charge in [0, 0.05) is 44.1 Å². The van der Waals surface area contributed by atoms with Crippen molar-refractivity contribution in [2.75, 3.05) is 43.4 Å². The molecule has 1 N–H and O–H groups in total. The summed E-state index contributed by atoms with van der Waals surface area (Å²) >= 11 is 0. The van der Waals surface area contributed by atoms with Gasteiger partial charge in [0.05, 0.1) is 0 Å². The van der Waals surface area contributed by atoms with Gasteiger partial charge in [0.2, 0.25) is 0 Å². The predicted molar refractivity (Wildman–Crippen MR) is 72.8 cm³/mol. The molecule has 1 atom stereocenters. The van der Waals surface area contributed by atoms with Gasteiger partial charge in [-0.25, -0.2) is 0 Å². The first-order valence-electron chi connectivity index (χ1n) is 6.63. The maximum atomic E-state index is 3.17. The largest absolute Gasteiger partial charge is 0.388 e. The van der Waals surface area contributed by atoms with Gasteiger partial charge in [0.1, 0.15) is 0 Å². The molecule has 2 aliphatic heterocycles. The summed E-state index contributed by atoms with van der Waals surface area (Å²) in [5, 5.41) is 3.17. The Hall–Kier alpha value is -1.22. The van der Waals surface area contributed by atoms with E-state index in [4.69, 9.17) is 0 Å². The van der Waals surface area contributed by atoms with Gasteiger partial charge in [0.25, 0.3) is 0 Å². The third kappa shape index (κ3) is 2.12. The molecule has 1 unspecified atom stereocenters. The average molecular weight is 231 g/mol. The first-order valence-corrected chi connectivity index (χ1v) is 6.63. The van der Waals surface area contributed by atoms with E-state index in [2.05, 4.69) is 39.4 Å². The van der Waals surface area contributed by atoms with Crippen LogP contribution < -0.4 is 10.2 Å². The number of hydrogen-bond donors (Lipinski definition) is 1. The van der Waals surface area contributed by atoms with Crippen LogP contribution >= 0.6 is 0 Å². The fraction of sp³-hybridized carbons (Fsp3) is 0.571. The Morgan fingerprint density at radius 2 is 1.94 bits per heavy atom. The maximum absolute atomic E-state index is 3.17. The van der Waals surface area contributed by atoms with Crippen molar-refractivity contribution in [3.63, 3.8) is 0 Å². The van der Waals surface area contributed by atoms with Gasteiger partial charge in [-0.1, -0.05) is 0 Å². The molecule has 0 aliphatic carbocycles. The van der Waals surface area contributed by atoms with Crippen molar-refractivity contribution >= 4 is 11.4 Å². The molecule has 0 radical (unpaired) electrons. The Morgan fingerprint density at radius 1 is 1.12 bits per heavy atom. The lowest BCUT2D eigenvalue weighted by atomic mass is 10.1. The van der Waals surface area contributed by atoms with Gasteiger partial charge in [-0.2, -0.15) is 0 Å². The van der Waals surface area contributed by atoms with Gasteiger partial charge >= 0.3 is 0 Å². The van der Waals surface area contributed by atoms with Crippen LogP contribution in [0.4, 0.5) is 11.4 Å². The topological polar surface area (TPSA) is 18.5 Å². The van der Waals surface area contributed by atoms with Crippen molar-refractivity contribution in [1.29, 1.82) is 0 Å². The van der Waals surface area contributed by atoms with Crippen molar-refractivity contribution in [3.8, 4) is 0 Å².